The normalized spacial score (nSPS) is 17.4. The van der Waals surface area contributed by atoms with Gasteiger partial charge in [0.25, 0.3) is 5.78 Å². The first-order chi connectivity index (χ1) is 16.8. The fourth-order valence-corrected chi connectivity index (χ4v) is 5.88. The number of benzene rings is 3. The second kappa shape index (κ2) is 9.09. The van der Waals surface area contributed by atoms with Crippen LogP contribution >= 0.6 is 33.9 Å². The van der Waals surface area contributed by atoms with E-state index in [9.17, 15) is 14.7 Å². The topological polar surface area (TPSA) is 79.7 Å². The number of rotatable bonds is 4. The molecule has 0 spiro atoms. The number of hydrogen-bond donors (Lipinski definition) is 1. The maximum atomic E-state index is 13.4. The number of aliphatic hydroxyl groups is 1. The fraction of sp³-hybridized carbons (Fsp3) is 0.148. The SMILES string of the molecule is COc1ccc(/C(O)=C2\C(=O)C(=O)N(c3nc4c(C)cc(C)cc4s3)C2c2ccc(I)cc2)cc1. The molecular formula is C27H21IN2O4S. The summed E-state index contributed by atoms with van der Waals surface area (Å²) in [5, 5.41) is 11.7. The summed E-state index contributed by atoms with van der Waals surface area (Å²) in [6, 6.07) is 17.5. The molecule has 5 rings (SSSR count). The molecular weight excluding hydrogens is 575 g/mol. The maximum absolute atomic E-state index is 13.4. The number of ketones is 1. The Labute approximate surface area is 220 Å². The zero-order valence-corrected chi connectivity index (χ0v) is 22.2. The van der Waals surface area contributed by atoms with Crippen molar-refractivity contribution in [2.45, 2.75) is 19.9 Å². The molecule has 0 bridgehead atoms. The van der Waals surface area contributed by atoms with E-state index in [1.807, 2.05) is 50.2 Å². The third kappa shape index (κ3) is 4.10. The monoisotopic (exact) mass is 596 g/mol. The number of fused-ring (bicyclic) bond motifs is 1. The summed E-state index contributed by atoms with van der Waals surface area (Å²) in [5.41, 5.74) is 4.08. The molecule has 0 aliphatic carbocycles. The van der Waals surface area contributed by atoms with Gasteiger partial charge >= 0.3 is 5.91 Å². The zero-order valence-electron chi connectivity index (χ0n) is 19.2. The molecule has 1 aliphatic heterocycles. The number of nitrogens with zero attached hydrogens (tertiary/aromatic N) is 2. The molecule has 1 atom stereocenters. The van der Waals surface area contributed by atoms with Crippen molar-refractivity contribution >= 4 is 66.7 Å². The van der Waals surface area contributed by atoms with Crippen molar-refractivity contribution in [1.82, 2.24) is 4.98 Å². The standard InChI is InChI=1S/C27H21IN2O4S/c1-14-12-15(2)22-20(13-14)35-27(29-22)30-23(16-4-8-18(28)9-5-16)21(25(32)26(30)33)24(31)17-6-10-19(34-3)11-7-17/h4-13,23,31H,1-3H3/b24-21+. The Morgan fingerprint density at radius 2 is 1.74 bits per heavy atom. The molecule has 35 heavy (non-hydrogen) atoms. The van der Waals surface area contributed by atoms with Crippen molar-refractivity contribution in [2.24, 2.45) is 0 Å². The Bertz CT molecular complexity index is 1510. The van der Waals surface area contributed by atoms with Crippen molar-refractivity contribution in [1.29, 1.82) is 0 Å². The van der Waals surface area contributed by atoms with Gasteiger partial charge in [-0.2, -0.15) is 0 Å². The molecule has 0 radical (unpaired) electrons. The molecule has 1 saturated heterocycles. The van der Waals surface area contributed by atoms with Gasteiger partial charge in [-0.25, -0.2) is 4.98 Å². The minimum Gasteiger partial charge on any atom is -0.507 e. The number of aryl methyl sites for hydroxylation is 2. The molecule has 1 fully saturated rings. The molecule has 3 aromatic carbocycles. The highest BCUT2D eigenvalue weighted by Gasteiger charge is 2.48. The van der Waals surface area contributed by atoms with Crippen LogP contribution in [0, 0.1) is 17.4 Å². The number of carbonyl (C=O) groups excluding carboxylic acids is 2. The summed E-state index contributed by atoms with van der Waals surface area (Å²) >= 11 is 3.57. The zero-order chi connectivity index (χ0) is 24.9. The Morgan fingerprint density at radius 3 is 2.40 bits per heavy atom. The van der Waals surface area contributed by atoms with E-state index in [1.165, 1.54) is 16.2 Å². The molecule has 176 valence electrons. The number of ether oxygens (including phenoxy) is 1. The summed E-state index contributed by atoms with van der Waals surface area (Å²) in [6.45, 7) is 3.99. The highest BCUT2D eigenvalue weighted by molar-refractivity contribution is 14.1. The largest absolute Gasteiger partial charge is 0.507 e. The number of halogens is 1. The van der Waals surface area contributed by atoms with Crippen LogP contribution in [0.5, 0.6) is 5.75 Å². The predicted octanol–water partition coefficient (Wildman–Crippen LogP) is 6.15. The van der Waals surface area contributed by atoms with Crippen LogP contribution in [0.15, 0.2) is 66.2 Å². The van der Waals surface area contributed by atoms with Crippen molar-refractivity contribution < 1.29 is 19.4 Å². The Balaban J connectivity index is 1.72. The van der Waals surface area contributed by atoms with Crippen molar-refractivity contribution in [3.8, 4) is 5.75 Å². The number of thiazole rings is 1. The van der Waals surface area contributed by atoms with Crippen LogP contribution in [-0.2, 0) is 9.59 Å². The minimum absolute atomic E-state index is 0.0357. The van der Waals surface area contributed by atoms with Crippen LogP contribution in [0.25, 0.3) is 16.0 Å². The maximum Gasteiger partial charge on any atom is 0.301 e. The summed E-state index contributed by atoms with van der Waals surface area (Å²) in [4.78, 5) is 32.9. The second-order valence-corrected chi connectivity index (χ2v) is 10.6. The molecule has 1 unspecified atom stereocenters. The van der Waals surface area contributed by atoms with Crippen LogP contribution in [-0.4, -0.2) is 28.9 Å². The van der Waals surface area contributed by atoms with Crippen molar-refractivity contribution in [3.63, 3.8) is 0 Å². The Morgan fingerprint density at radius 1 is 1.06 bits per heavy atom. The van der Waals surface area contributed by atoms with E-state index in [1.54, 1.807) is 31.4 Å². The third-order valence-electron chi connectivity index (χ3n) is 6.02. The molecule has 6 nitrogen and oxygen atoms in total. The molecule has 1 N–H and O–H groups in total. The first-order valence-corrected chi connectivity index (χ1v) is 12.8. The van der Waals surface area contributed by atoms with Gasteiger partial charge in [0.1, 0.15) is 11.5 Å². The average Bonchev–Trinajstić information content (AvgIpc) is 3.38. The number of carbonyl (C=O) groups is 2. The first-order valence-electron chi connectivity index (χ1n) is 10.9. The number of methoxy groups -OCH3 is 1. The predicted molar refractivity (Wildman–Crippen MR) is 146 cm³/mol. The van der Waals surface area contributed by atoms with Gasteiger partial charge < -0.3 is 9.84 Å². The highest BCUT2D eigenvalue weighted by atomic mass is 127. The van der Waals surface area contributed by atoms with Gasteiger partial charge in [0.15, 0.2) is 5.13 Å². The summed E-state index contributed by atoms with van der Waals surface area (Å²) in [7, 11) is 1.55. The van der Waals surface area contributed by atoms with Gasteiger partial charge in [-0.3, -0.25) is 14.5 Å². The van der Waals surface area contributed by atoms with E-state index >= 15 is 0 Å². The van der Waals surface area contributed by atoms with Gasteiger partial charge in [0.2, 0.25) is 0 Å². The molecule has 4 aromatic rings. The van der Waals surface area contributed by atoms with Gasteiger partial charge in [-0.05, 0) is 95.6 Å². The highest BCUT2D eigenvalue weighted by Crippen LogP contribution is 2.44. The summed E-state index contributed by atoms with van der Waals surface area (Å²) < 4.78 is 7.16. The van der Waals surface area contributed by atoms with Crippen LogP contribution in [0.4, 0.5) is 5.13 Å². The second-order valence-electron chi connectivity index (χ2n) is 8.37. The minimum atomic E-state index is -0.809. The lowest BCUT2D eigenvalue weighted by Gasteiger charge is -2.23. The Hall–Kier alpha value is -3.24. The van der Waals surface area contributed by atoms with Crippen LogP contribution < -0.4 is 9.64 Å². The van der Waals surface area contributed by atoms with Crippen LogP contribution in [0.1, 0.15) is 28.3 Å². The molecule has 0 saturated carbocycles. The van der Waals surface area contributed by atoms with E-state index < -0.39 is 17.7 Å². The quantitative estimate of drug-likeness (QED) is 0.132. The molecule has 1 amide bonds. The van der Waals surface area contributed by atoms with E-state index in [2.05, 4.69) is 22.6 Å². The fourth-order valence-electron chi connectivity index (χ4n) is 4.36. The molecule has 1 aromatic heterocycles. The van der Waals surface area contributed by atoms with Crippen LogP contribution in [0.2, 0.25) is 0 Å². The van der Waals surface area contributed by atoms with Gasteiger partial charge in [-0.1, -0.05) is 29.5 Å². The Kier molecular flexibility index (Phi) is 6.10. The van der Waals surface area contributed by atoms with E-state index in [-0.39, 0.29) is 11.3 Å². The molecule has 1 aliphatic rings. The third-order valence-corrected chi connectivity index (χ3v) is 7.74. The van der Waals surface area contributed by atoms with Crippen molar-refractivity contribution in [2.75, 3.05) is 12.0 Å². The van der Waals surface area contributed by atoms with Crippen molar-refractivity contribution in [3.05, 3.63) is 92.1 Å². The summed E-state index contributed by atoms with van der Waals surface area (Å²) in [6.07, 6.45) is 0. The van der Waals surface area contributed by atoms with Gasteiger partial charge in [0.05, 0.1) is 28.9 Å². The number of anilines is 1. The number of amides is 1. The number of Topliss-reactive ketones (excluding diaryl/α,β-unsaturated/α-hetero) is 1. The van der Waals surface area contributed by atoms with Gasteiger partial charge in [-0.15, -0.1) is 0 Å². The van der Waals surface area contributed by atoms with E-state index in [0.717, 1.165) is 24.9 Å². The number of hydrogen-bond acceptors (Lipinski definition) is 6. The van der Waals surface area contributed by atoms with E-state index in [4.69, 9.17) is 9.72 Å². The lowest BCUT2D eigenvalue weighted by atomic mass is 9.95. The van der Waals surface area contributed by atoms with Gasteiger partial charge in [0, 0.05) is 9.13 Å². The summed E-state index contributed by atoms with van der Waals surface area (Å²) in [5.74, 6) is -1.06. The number of aliphatic hydroxyl groups excluding tert-OH is 1. The van der Waals surface area contributed by atoms with E-state index in [0.29, 0.717) is 22.0 Å². The average molecular weight is 596 g/mol. The smallest absolute Gasteiger partial charge is 0.301 e. The number of aromatic nitrogens is 1. The lowest BCUT2D eigenvalue weighted by molar-refractivity contribution is -0.132. The van der Waals surface area contributed by atoms with Crippen LogP contribution in [0.3, 0.4) is 0 Å². The lowest BCUT2D eigenvalue weighted by Crippen LogP contribution is -2.29. The first kappa shape index (κ1) is 23.5. The molecule has 2 heterocycles. The molecule has 8 heteroatoms.